The van der Waals surface area contributed by atoms with E-state index < -0.39 is 11.7 Å². The second-order valence-electron chi connectivity index (χ2n) is 3.90. The van der Waals surface area contributed by atoms with Gasteiger partial charge in [0.15, 0.2) is 6.61 Å². The molecule has 2 nitrogen and oxygen atoms in total. The Bertz CT molecular complexity index is 549. The Hall–Kier alpha value is -2.04. The molecule has 0 aliphatic carbocycles. The van der Waals surface area contributed by atoms with Gasteiger partial charge in [-0.25, -0.2) is 0 Å². The molecule has 0 saturated carbocycles. The van der Waals surface area contributed by atoms with Gasteiger partial charge in [-0.3, -0.25) is 4.84 Å². The molecule has 0 radical (unpaired) electrons. The average Bonchev–Trinajstić information content (AvgIpc) is 2.39. The maximum Gasteiger partial charge on any atom is 0.416 e. The molecule has 1 aromatic heterocycles. The van der Waals surface area contributed by atoms with Crippen LogP contribution in [-0.4, -0.2) is 6.61 Å². The van der Waals surface area contributed by atoms with Crippen molar-refractivity contribution in [3.05, 3.63) is 54.2 Å². The molecule has 0 saturated heterocycles. The third-order valence-corrected chi connectivity index (χ3v) is 2.60. The van der Waals surface area contributed by atoms with E-state index in [9.17, 15) is 13.2 Å². The molecule has 1 aromatic carbocycles. The van der Waals surface area contributed by atoms with Gasteiger partial charge in [0.2, 0.25) is 6.20 Å². The molecule has 0 aliphatic heterocycles. The molecule has 1 heterocycles. The summed E-state index contributed by atoms with van der Waals surface area (Å²) in [6.07, 6.45) is -2.60. The first-order chi connectivity index (χ1) is 9.02. The van der Waals surface area contributed by atoms with E-state index >= 15 is 0 Å². The number of pyridine rings is 1. The summed E-state index contributed by atoms with van der Waals surface area (Å²) >= 11 is 0. The SMILES string of the molecule is CCO[n+]1ccccc1-c1ccc(C(F)(F)F)cc1. The Balaban J connectivity index is 2.37. The smallest absolute Gasteiger partial charge is 0.271 e. The monoisotopic (exact) mass is 268 g/mol. The molecule has 0 unspecified atom stereocenters. The Morgan fingerprint density at radius 1 is 1.05 bits per heavy atom. The minimum Gasteiger partial charge on any atom is -0.271 e. The second-order valence-corrected chi connectivity index (χ2v) is 3.90. The van der Waals surface area contributed by atoms with Crippen LogP contribution in [0.15, 0.2) is 48.7 Å². The minimum atomic E-state index is -4.31. The van der Waals surface area contributed by atoms with Crippen LogP contribution in [-0.2, 0) is 6.18 Å². The van der Waals surface area contributed by atoms with E-state index in [1.54, 1.807) is 23.1 Å². The molecule has 2 aromatic rings. The summed E-state index contributed by atoms with van der Waals surface area (Å²) < 4.78 is 39.0. The number of nitrogens with zero attached hydrogens (tertiary/aromatic N) is 1. The van der Waals surface area contributed by atoms with Crippen LogP contribution in [0, 0.1) is 0 Å². The lowest BCUT2D eigenvalue weighted by molar-refractivity contribution is -0.882. The fourth-order valence-electron chi connectivity index (χ4n) is 1.73. The van der Waals surface area contributed by atoms with E-state index in [2.05, 4.69) is 0 Å². The lowest BCUT2D eigenvalue weighted by Gasteiger charge is -2.07. The molecular weight excluding hydrogens is 255 g/mol. The van der Waals surface area contributed by atoms with Crippen LogP contribution in [0.25, 0.3) is 11.3 Å². The van der Waals surface area contributed by atoms with Crippen molar-refractivity contribution in [2.75, 3.05) is 6.61 Å². The molecule has 0 fully saturated rings. The van der Waals surface area contributed by atoms with E-state index in [4.69, 9.17) is 4.84 Å². The van der Waals surface area contributed by atoms with Gasteiger partial charge >= 0.3 is 6.18 Å². The zero-order chi connectivity index (χ0) is 13.9. The Morgan fingerprint density at radius 2 is 1.74 bits per heavy atom. The molecule has 100 valence electrons. The summed E-state index contributed by atoms with van der Waals surface area (Å²) in [4.78, 5) is 5.38. The van der Waals surface area contributed by atoms with Crippen molar-refractivity contribution in [3.63, 3.8) is 0 Å². The normalized spacial score (nSPS) is 11.4. The highest BCUT2D eigenvalue weighted by molar-refractivity contribution is 5.56. The topological polar surface area (TPSA) is 13.1 Å². The van der Waals surface area contributed by atoms with Crippen molar-refractivity contribution in [1.29, 1.82) is 0 Å². The summed E-state index contributed by atoms with van der Waals surface area (Å²) in [6, 6.07) is 10.4. The van der Waals surface area contributed by atoms with E-state index in [-0.39, 0.29) is 0 Å². The van der Waals surface area contributed by atoms with Gasteiger partial charge in [0.25, 0.3) is 5.69 Å². The zero-order valence-corrected chi connectivity index (χ0v) is 10.3. The van der Waals surface area contributed by atoms with Gasteiger partial charge in [-0.2, -0.15) is 13.2 Å². The first-order valence-corrected chi connectivity index (χ1v) is 5.84. The lowest BCUT2D eigenvalue weighted by atomic mass is 10.1. The third-order valence-electron chi connectivity index (χ3n) is 2.60. The van der Waals surface area contributed by atoms with Gasteiger partial charge in [-0.1, -0.05) is 0 Å². The van der Waals surface area contributed by atoms with Crippen LogP contribution in [0.2, 0.25) is 0 Å². The Labute approximate surface area is 109 Å². The van der Waals surface area contributed by atoms with E-state index in [1.165, 1.54) is 12.1 Å². The quantitative estimate of drug-likeness (QED) is 0.780. The number of benzene rings is 1. The largest absolute Gasteiger partial charge is 0.416 e. The fourth-order valence-corrected chi connectivity index (χ4v) is 1.73. The van der Waals surface area contributed by atoms with Crippen molar-refractivity contribution >= 4 is 0 Å². The predicted molar refractivity (Wildman–Crippen MR) is 64.2 cm³/mol. The van der Waals surface area contributed by atoms with E-state index in [0.717, 1.165) is 12.1 Å². The molecule has 0 spiro atoms. The number of hydrogen-bond acceptors (Lipinski definition) is 1. The van der Waals surface area contributed by atoms with Gasteiger partial charge < -0.3 is 0 Å². The maximum atomic E-state index is 12.5. The number of hydrogen-bond donors (Lipinski definition) is 0. The molecule has 0 atom stereocenters. The molecule has 0 N–H and O–H groups in total. The van der Waals surface area contributed by atoms with E-state index in [0.29, 0.717) is 17.9 Å². The van der Waals surface area contributed by atoms with Crippen molar-refractivity contribution in [2.24, 2.45) is 0 Å². The molecule has 0 amide bonds. The second kappa shape index (κ2) is 5.30. The van der Waals surface area contributed by atoms with Gasteiger partial charge in [-0.05, 0) is 37.3 Å². The zero-order valence-electron chi connectivity index (χ0n) is 10.3. The van der Waals surface area contributed by atoms with Crippen LogP contribution >= 0.6 is 0 Å². The lowest BCUT2D eigenvalue weighted by Crippen LogP contribution is -2.44. The standard InChI is InChI=1S/C14H13F3NO/c1-2-19-18-10-4-3-5-13(18)11-6-8-12(9-7-11)14(15,16)17/h3-10H,2H2,1H3/q+1. The minimum absolute atomic E-state index is 0.475. The Kier molecular flexibility index (Phi) is 3.74. The van der Waals surface area contributed by atoms with Gasteiger partial charge in [-0.15, -0.1) is 0 Å². The highest BCUT2D eigenvalue weighted by atomic mass is 19.4. The average molecular weight is 268 g/mol. The number of aromatic nitrogens is 1. The summed E-state index contributed by atoms with van der Waals surface area (Å²) in [5.74, 6) is 0. The van der Waals surface area contributed by atoms with Crippen molar-refractivity contribution in [1.82, 2.24) is 0 Å². The predicted octanol–water partition coefficient (Wildman–Crippen LogP) is 3.11. The Morgan fingerprint density at radius 3 is 2.32 bits per heavy atom. The number of alkyl halides is 3. The third kappa shape index (κ3) is 3.05. The van der Waals surface area contributed by atoms with Gasteiger partial charge in [0, 0.05) is 16.9 Å². The fraction of sp³-hybridized carbons (Fsp3) is 0.214. The van der Waals surface area contributed by atoms with Crippen molar-refractivity contribution < 1.29 is 22.7 Å². The van der Waals surface area contributed by atoms with Crippen LogP contribution in [0.3, 0.4) is 0 Å². The molecule has 19 heavy (non-hydrogen) atoms. The van der Waals surface area contributed by atoms with Crippen LogP contribution in [0.5, 0.6) is 0 Å². The van der Waals surface area contributed by atoms with Crippen LogP contribution in [0.1, 0.15) is 12.5 Å². The summed E-state index contributed by atoms with van der Waals surface area (Å²) in [5.41, 5.74) is 0.718. The maximum absolute atomic E-state index is 12.5. The van der Waals surface area contributed by atoms with Crippen molar-refractivity contribution in [3.8, 4) is 11.3 Å². The summed E-state index contributed by atoms with van der Waals surface area (Å²) in [6.45, 7) is 2.32. The molecule has 2 rings (SSSR count). The van der Waals surface area contributed by atoms with Crippen LogP contribution in [0.4, 0.5) is 13.2 Å². The van der Waals surface area contributed by atoms with Crippen LogP contribution < -0.4 is 9.57 Å². The summed E-state index contributed by atoms with van der Waals surface area (Å²) in [5, 5.41) is 0. The van der Waals surface area contributed by atoms with Gasteiger partial charge in [0.05, 0.1) is 11.1 Å². The highest BCUT2D eigenvalue weighted by Crippen LogP contribution is 2.30. The summed E-state index contributed by atoms with van der Waals surface area (Å²) in [7, 11) is 0. The molecular formula is C14H13F3NO+. The highest BCUT2D eigenvalue weighted by Gasteiger charge is 2.30. The molecule has 0 bridgehead atoms. The molecule has 0 aliphatic rings. The number of halogens is 3. The van der Waals surface area contributed by atoms with E-state index in [1.807, 2.05) is 13.0 Å². The first kappa shape index (κ1) is 13.4. The molecule has 5 heteroatoms. The first-order valence-electron chi connectivity index (χ1n) is 5.84. The van der Waals surface area contributed by atoms with Crippen molar-refractivity contribution in [2.45, 2.75) is 13.1 Å². The van der Waals surface area contributed by atoms with Gasteiger partial charge in [0.1, 0.15) is 0 Å². The number of rotatable bonds is 3.